The molecule has 1 aliphatic rings. The van der Waals surface area contributed by atoms with Gasteiger partial charge in [-0.25, -0.2) is 4.21 Å². The first-order valence-electron chi connectivity index (χ1n) is 4.51. The molecule has 1 aliphatic heterocycles. The largest absolute Gasteiger partial charge is 0.481 e. The highest BCUT2D eigenvalue weighted by Gasteiger charge is 2.26. The van der Waals surface area contributed by atoms with E-state index in [1.165, 1.54) is 0 Å². The van der Waals surface area contributed by atoms with Crippen molar-refractivity contribution >= 4 is 52.6 Å². The fraction of sp³-hybridized carbons (Fsp3) is 0.714. The summed E-state index contributed by atoms with van der Waals surface area (Å²) in [4.78, 5) is 19.7. The van der Waals surface area contributed by atoms with Crippen molar-refractivity contribution in [1.29, 1.82) is 0 Å². The molecule has 18 heavy (non-hydrogen) atoms. The zero-order valence-corrected chi connectivity index (χ0v) is 12.4. The molecule has 0 aromatic carbocycles. The third-order valence-electron chi connectivity index (χ3n) is 1.24. The van der Waals surface area contributed by atoms with Crippen molar-refractivity contribution in [2.45, 2.75) is 26.2 Å². The molecule has 0 atom stereocenters. The monoisotopic (exact) mass is 342 g/mol. The lowest BCUT2D eigenvalue weighted by Crippen LogP contribution is -1.99. The lowest BCUT2D eigenvalue weighted by Gasteiger charge is -1.85. The van der Waals surface area contributed by atoms with Gasteiger partial charge in [0.2, 0.25) is 9.23 Å². The molecular weight excluding hydrogens is 331 g/mol. The molecule has 0 spiro atoms. The number of hydrogen-bond donors (Lipinski definition) is 1. The number of hydrogen-bond acceptors (Lipinski definition) is 6. The van der Waals surface area contributed by atoms with Crippen molar-refractivity contribution in [1.82, 2.24) is 0 Å². The van der Waals surface area contributed by atoms with Crippen molar-refractivity contribution in [3.63, 3.8) is 0 Å². The molecule has 0 bridgehead atoms. The quantitative estimate of drug-likeness (QED) is 0.591. The molecule has 1 heterocycles. The zero-order valence-electron chi connectivity index (χ0n) is 9.30. The van der Waals surface area contributed by atoms with Gasteiger partial charge >= 0.3 is 22.1 Å². The normalized spacial score (nSPS) is 15.9. The Labute approximate surface area is 116 Å². The fourth-order valence-electron chi connectivity index (χ4n) is 0.647. The van der Waals surface area contributed by atoms with Gasteiger partial charge in [0.05, 0.1) is 12.2 Å². The average Bonchev–Trinajstić information content (AvgIpc) is 2.43. The summed E-state index contributed by atoms with van der Waals surface area (Å²) in [5.41, 5.74) is 0. The Morgan fingerprint density at radius 1 is 1.50 bits per heavy atom. The van der Waals surface area contributed by atoms with E-state index in [-0.39, 0.29) is 12.2 Å². The molecule has 0 saturated carbocycles. The van der Waals surface area contributed by atoms with E-state index in [9.17, 15) is 18.0 Å². The van der Waals surface area contributed by atoms with Gasteiger partial charge in [0.25, 0.3) is 0 Å². The van der Waals surface area contributed by atoms with Crippen LogP contribution in [0.1, 0.15) is 26.2 Å². The Morgan fingerprint density at radius 3 is 2.00 bits per heavy atom. The Kier molecular flexibility index (Phi) is 11.7. The number of carboxylic acids is 1. The average molecular weight is 343 g/mol. The van der Waals surface area contributed by atoms with Gasteiger partial charge in [0.15, 0.2) is 0 Å². The van der Waals surface area contributed by atoms with Crippen LogP contribution in [-0.2, 0) is 33.1 Å². The van der Waals surface area contributed by atoms with E-state index in [4.69, 9.17) is 9.32 Å². The van der Waals surface area contributed by atoms with Gasteiger partial charge in [-0.05, 0) is 6.42 Å². The molecule has 11 heteroatoms. The second kappa shape index (κ2) is 10.5. The summed E-state index contributed by atoms with van der Waals surface area (Å²) in [6.45, 7) is 1.84. The Morgan fingerprint density at radius 2 is 1.94 bits per heavy atom. The summed E-state index contributed by atoms with van der Waals surface area (Å²) in [5, 5.41) is 7.91. The van der Waals surface area contributed by atoms with Gasteiger partial charge in [-0.1, -0.05) is 6.92 Å². The molecule has 1 saturated heterocycles. The molecule has 0 unspecified atom stereocenters. The van der Waals surface area contributed by atoms with E-state index in [0.29, 0.717) is 6.42 Å². The predicted octanol–water partition coefficient (Wildman–Crippen LogP) is 1.18. The molecule has 0 aromatic rings. The molecule has 0 aromatic heterocycles. The molecule has 108 valence electrons. The number of carboxylic acid groups (broad SMARTS) is 1. The Balaban J connectivity index is 0. The summed E-state index contributed by atoms with van der Waals surface area (Å²) in [6, 6.07) is 0. The van der Waals surface area contributed by atoms with Crippen molar-refractivity contribution in [2.24, 2.45) is 0 Å². The van der Waals surface area contributed by atoms with E-state index >= 15 is 0 Å². The Hall–Kier alpha value is -0.380. The molecular formula is C7H12Cl2O7S2. The second-order valence-electron chi connectivity index (χ2n) is 2.80. The Bertz CT molecular complexity index is 389. The van der Waals surface area contributed by atoms with Crippen LogP contribution in [-0.4, -0.2) is 35.4 Å². The molecule has 0 amide bonds. The van der Waals surface area contributed by atoms with E-state index in [2.05, 4.69) is 25.5 Å². The highest BCUT2D eigenvalue weighted by Crippen LogP contribution is 2.07. The van der Waals surface area contributed by atoms with Crippen LogP contribution in [0.3, 0.4) is 0 Å². The smallest absolute Gasteiger partial charge is 0.323 e. The SMILES string of the molecule is CCCC(=O)O.O=C1CCS(=O)(=O)O1.O=S(Cl)Cl. The summed E-state index contributed by atoms with van der Waals surface area (Å²) in [5.74, 6) is -1.52. The standard InChI is InChI=1S/C4H8O2.C3H4O4S.Cl2OS/c1-2-3-4(5)6;4-3-1-2-8(5,6)7-3;1-4(2)3/h2-3H2,1H3,(H,5,6);1-2H2;. The number of rotatable bonds is 2. The van der Waals surface area contributed by atoms with Crippen LogP contribution in [0.4, 0.5) is 0 Å². The van der Waals surface area contributed by atoms with Gasteiger partial charge < -0.3 is 9.29 Å². The molecule has 0 aliphatic carbocycles. The molecule has 1 fully saturated rings. The van der Waals surface area contributed by atoms with Gasteiger partial charge in [-0.3, -0.25) is 9.59 Å². The van der Waals surface area contributed by atoms with Gasteiger partial charge in [0, 0.05) is 27.8 Å². The number of carbonyl (C=O) groups is 2. The lowest BCUT2D eigenvalue weighted by atomic mass is 10.4. The minimum Gasteiger partial charge on any atom is -0.481 e. The summed E-state index contributed by atoms with van der Waals surface area (Å²) >= 11 is 0. The van der Waals surface area contributed by atoms with Crippen LogP contribution in [0.2, 0.25) is 0 Å². The molecule has 0 radical (unpaired) electrons. The zero-order chi connectivity index (χ0) is 14.8. The van der Waals surface area contributed by atoms with Crippen molar-refractivity contribution in [3.05, 3.63) is 0 Å². The maximum atomic E-state index is 10.2. The molecule has 7 nitrogen and oxygen atoms in total. The van der Waals surface area contributed by atoms with Crippen LogP contribution in [0.25, 0.3) is 0 Å². The highest BCUT2D eigenvalue weighted by molar-refractivity contribution is 8.26. The lowest BCUT2D eigenvalue weighted by molar-refractivity contribution is -0.137. The number of halogens is 2. The number of aliphatic carboxylic acids is 1. The predicted molar refractivity (Wildman–Crippen MR) is 66.9 cm³/mol. The molecule has 1 N–H and O–H groups in total. The summed E-state index contributed by atoms with van der Waals surface area (Å²) in [6.07, 6.45) is 1.03. The first-order valence-corrected chi connectivity index (χ1v) is 8.89. The van der Waals surface area contributed by atoms with Gasteiger partial charge in [-0.15, -0.1) is 0 Å². The van der Waals surface area contributed by atoms with Crippen molar-refractivity contribution in [2.75, 3.05) is 5.75 Å². The highest BCUT2D eigenvalue weighted by atomic mass is 36.0. The van der Waals surface area contributed by atoms with Crippen LogP contribution in [0.15, 0.2) is 0 Å². The van der Waals surface area contributed by atoms with Gasteiger partial charge in [0.1, 0.15) is 0 Å². The van der Waals surface area contributed by atoms with E-state index < -0.39 is 31.3 Å². The third kappa shape index (κ3) is 18.0. The second-order valence-corrected chi connectivity index (χ2v) is 7.01. The first kappa shape index (κ1) is 19.9. The van der Waals surface area contributed by atoms with Crippen molar-refractivity contribution in [3.8, 4) is 0 Å². The first-order chi connectivity index (χ1) is 8.10. The van der Waals surface area contributed by atoms with Gasteiger partial charge in [-0.2, -0.15) is 8.42 Å². The van der Waals surface area contributed by atoms with E-state index in [0.717, 1.165) is 6.42 Å². The van der Waals surface area contributed by atoms with Crippen LogP contribution in [0, 0.1) is 0 Å². The van der Waals surface area contributed by atoms with E-state index in [1.54, 1.807) is 0 Å². The fourth-order valence-corrected chi connectivity index (χ4v) is 1.51. The maximum absolute atomic E-state index is 10.2. The van der Waals surface area contributed by atoms with Crippen LogP contribution < -0.4 is 0 Å². The van der Waals surface area contributed by atoms with Crippen LogP contribution in [0.5, 0.6) is 0 Å². The number of carbonyl (C=O) groups excluding carboxylic acids is 1. The molecule has 1 rings (SSSR count). The summed E-state index contributed by atoms with van der Waals surface area (Å²) in [7, 11) is 3.91. The minimum absolute atomic E-state index is 0.00231. The van der Waals surface area contributed by atoms with Crippen molar-refractivity contribution < 1.29 is 31.5 Å². The summed E-state index contributed by atoms with van der Waals surface area (Å²) < 4.78 is 33.4. The third-order valence-corrected chi connectivity index (χ3v) is 2.38. The van der Waals surface area contributed by atoms with Crippen LogP contribution >= 0.6 is 21.4 Å². The van der Waals surface area contributed by atoms with E-state index in [1.807, 2.05) is 6.92 Å². The maximum Gasteiger partial charge on any atom is 0.323 e. The minimum atomic E-state index is -3.45. The topological polar surface area (TPSA) is 115 Å².